The van der Waals surface area contributed by atoms with Crippen molar-refractivity contribution in [1.29, 1.82) is 0 Å². The number of para-hydroxylation sites is 1. The molecule has 7 heteroatoms. The second-order valence-electron chi connectivity index (χ2n) is 4.94. The van der Waals surface area contributed by atoms with Crippen molar-refractivity contribution in [2.45, 2.75) is 0 Å². The van der Waals surface area contributed by atoms with Crippen LogP contribution < -0.4 is 9.80 Å². The summed E-state index contributed by atoms with van der Waals surface area (Å²) in [5.74, 6) is 0.896. The molecular weight excluding hydrogens is 332 g/mol. The Labute approximate surface area is 131 Å². The second kappa shape index (κ2) is 5.74. The molecule has 0 atom stereocenters. The molecule has 0 N–H and O–H groups in total. The summed E-state index contributed by atoms with van der Waals surface area (Å²) in [7, 11) is 1.95. The smallest absolute Gasteiger partial charge is 0.226 e. The molecule has 21 heavy (non-hydrogen) atoms. The summed E-state index contributed by atoms with van der Waals surface area (Å²) in [4.78, 5) is 8.10. The minimum absolute atomic E-state index is 0.691. The number of aryl methyl sites for hydroxylation is 1. The maximum Gasteiger partial charge on any atom is 0.226 e. The lowest BCUT2D eigenvalue weighted by molar-refractivity contribution is 0.629. The van der Waals surface area contributed by atoms with Gasteiger partial charge in [0.1, 0.15) is 6.33 Å². The lowest BCUT2D eigenvalue weighted by Crippen LogP contribution is -2.47. The Morgan fingerprint density at radius 3 is 2.52 bits per heavy atom. The van der Waals surface area contributed by atoms with Crippen LogP contribution in [0.1, 0.15) is 0 Å². The zero-order valence-corrected chi connectivity index (χ0v) is 13.3. The topological polar surface area (TPSA) is 41.6 Å². The van der Waals surface area contributed by atoms with E-state index in [2.05, 4.69) is 40.8 Å². The summed E-state index contributed by atoms with van der Waals surface area (Å²) in [6.45, 7) is 10.8. The molecular formula is C14H15BrN6. The molecule has 1 aromatic carbocycles. The molecule has 0 unspecified atom stereocenters. The summed E-state index contributed by atoms with van der Waals surface area (Å²) in [6.07, 6.45) is 1.71. The molecule has 2 aromatic rings. The monoisotopic (exact) mass is 346 g/mol. The van der Waals surface area contributed by atoms with Gasteiger partial charge in [-0.3, -0.25) is 0 Å². The van der Waals surface area contributed by atoms with Crippen molar-refractivity contribution in [1.82, 2.24) is 14.8 Å². The number of anilines is 2. The lowest BCUT2D eigenvalue weighted by Gasteiger charge is -2.37. The van der Waals surface area contributed by atoms with Crippen LogP contribution in [-0.4, -0.2) is 40.9 Å². The fourth-order valence-electron chi connectivity index (χ4n) is 2.60. The average Bonchev–Trinajstić information content (AvgIpc) is 2.93. The number of halogens is 1. The van der Waals surface area contributed by atoms with Gasteiger partial charge in [0.2, 0.25) is 11.6 Å². The highest BCUT2D eigenvalue weighted by Crippen LogP contribution is 2.36. The first-order valence-corrected chi connectivity index (χ1v) is 7.50. The first-order valence-electron chi connectivity index (χ1n) is 6.70. The van der Waals surface area contributed by atoms with Crippen molar-refractivity contribution in [3.63, 3.8) is 0 Å². The van der Waals surface area contributed by atoms with Gasteiger partial charge >= 0.3 is 0 Å². The van der Waals surface area contributed by atoms with E-state index in [0.29, 0.717) is 5.69 Å². The number of aromatic nitrogens is 3. The molecule has 6 nitrogen and oxygen atoms in total. The average molecular weight is 347 g/mol. The maximum atomic E-state index is 7.33. The van der Waals surface area contributed by atoms with Gasteiger partial charge in [-0.1, -0.05) is 28.1 Å². The zero-order valence-electron chi connectivity index (χ0n) is 11.7. The molecule has 0 amide bonds. The summed E-state index contributed by atoms with van der Waals surface area (Å²) in [6, 6.07) is 5.75. The van der Waals surface area contributed by atoms with E-state index in [-0.39, 0.29) is 0 Å². The Hall–Kier alpha value is -2.07. The van der Waals surface area contributed by atoms with E-state index in [1.165, 1.54) is 0 Å². The fourth-order valence-corrected chi connectivity index (χ4v) is 3.21. The lowest BCUT2D eigenvalue weighted by atomic mass is 10.2. The Bertz CT molecular complexity index is 681. The van der Waals surface area contributed by atoms with Gasteiger partial charge in [-0.15, -0.1) is 10.2 Å². The molecule has 1 aliphatic rings. The fraction of sp³-hybridized carbons (Fsp3) is 0.357. The quantitative estimate of drug-likeness (QED) is 0.783. The highest BCUT2D eigenvalue weighted by molar-refractivity contribution is 9.10. The van der Waals surface area contributed by atoms with Crippen LogP contribution in [0, 0.1) is 6.57 Å². The van der Waals surface area contributed by atoms with Crippen LogP contribution in [0.2, 0.25) is 0 Å². The third-order valence-corrected chi connectivity index (χ3v) is 4.29. The summed E-state index contributed by atoms with van der Waals surface area (Å²) < 4.78 is 2.90. The van der Waals surface area contributed by atoms with E-state index < -0.39 is 0 Å². The molecule has 108 valence electrons. The molecule has 2 heterocycles. The van der Waals surface area contributed by atoms with Crippen molar-refractivity contribution in [3.05, 3.63) is 40.4 Å². The molecule has 0 aliphatic carbocycles. The Morgan fingerprint density at radius 1 is 1.19 bits per heavy atom. The van der Waals surface area contributed by atoms with Crippen LogP contribution in [-0.2, 0) is 7.05 Å². The highest BCUT2D eigenvalue weighted by Gasteiger charge is 2.23. The van der Waals surface area contributed by atoms with E-state index in [1.807, 2.05) is 29.8 Å². The first kappa shape index (κ1) is 13.9. The van der Waals surface area contributed by atoms with E-state index in [1.54, 1.807) is 6.33 Å². The van der Waals surface area contributed by atoms with Gasteiger partial charge in [-0.2, -0.15) is 0 Å². The number of benzene rings is 1. The minimum atomic E-state index is 0.691. The Balaban J connectivity index is 1.78. The molecule has 1 fully saturated rings. The van der Waals surface area contributed by atoms with Gasteiger partial charge < -0.3 is 14.4 Å². The van der Waals surface area contributed by atoms with Gasteiger partial charge in [0.25, 0.3) is 0 Å². The third kappa shape index (κ3) is 2.59. The van der Waals surface area contributed by atoms with Gasteiger partial charge in [0.15, 0.2) is 0 Å². The Morgan fingerprint density at radius 2 is 1.90 bits per heavy atom. The zero-order chi connectivity index (χ0) is 14.8. The summed E-state index contributed by atoms with van der Waals surface area (Å²) in [5.41, 5.74) is 1.68. The van der Waals surface area contributed by atoms with E-state index >= 15 is 0 Å². The molecule has 1 saturated heterocycles. The molecule has 0 spiro atoms. The van der Waals surface area contributed by atoms with Crippen molar-refractivity contribution in [2.24, 2.45) is 7.05 Å². The molecule has 1 aromatic heterocycles. The van der Waals surface area contributed by atoms with Gasteiger partial charge in [-0.25, -0.2) is 4.85 Å². The van der Waals surface area contributed by atoms with Crippen molar-refractivity contribution in [3.8, 4) is 0 Å². The molecule has 0 radical (unpaired) electrons. The predicted octanol–water partition coefficient (Wildman–Crippen LogP) is 2.45. The van der Waals surface area contributed by atoms with Gasteiger partial charge in [-0.05, 0) is 6.07 Å². The van der Waals surface area contributed by atoms with E-state index in [0.717, 1.165) is 42.3 Å². The molecule has 1 aliphatic heterocycles. The number of hydrogen-bond acceptors (Lipinski definition) is 4. The van der Waals surface area contributed by atoms with Crippen LogP contribution in [0.15, 0.2) is 29.0 Å². The van der Waals surface area contributed by atoms with Crippen molar-refractivity contribution in [2.75, 3.05) is 36.0 Å². The minimum Gasteiger partial charge on any atom is -0.376 e. The standard InChI is InChI=1S/C14H15BrN6/c1-16-12-5-3-4-11(15)13(12)20-6-8-21(9-7-20)14-18-17-10-19(14)2/h3-5,10H,6-9H2,2H3. The van der Waals surface area contributed by atoms with E-state index in [9.17, 15) is 0 Å². The van der Waals surface area contributed by atoms with Crippen LogP contribution in [0.4, 0.5) is 17.3 Å². The predicted molar refractivity (Wildman–Crippen MR) is 85.8 cm³/mol. The first-order chi connectivity index (χ1) is 10.2. The largest absolute Gasteiger partial charge is 0.376 e. The maximum absolute atomic E-state index is 7.33. The Kier molecular flexibility index (Phi) is 3.80. The SMILES string of the molecule is [C-]#[N+]c1cccc(Br)c1N1CCN(c2nncn2C)CC1. The van der Waals surface area contributed by atoms with Crippen molar-refractivity contribution < 1.29 is 0 Å². The highest BCUT2D eigenvalue weighted by atomic mass is 79.9. The van der Waals surface area contributed by atoms with Crippen LogP contribution >= 0.6 is 15.9 Å². The number of nitrogens with zero attached hydrogens (tertiary/aromatic N) is 6. The normalized spacial score (nSPS) is 15.1. The molecule has 0 bridgehead atoms. The van der Waals surface area contributed by atoms with Crippen LogP contribution in [0.5, 0.6) is 0 Å². The molecule has 0 saturated carbocycles. The number of rotatable bonds is 2. The number of piperazine rings is 1. The van der Waals surface area contributed by atoms with Gasteiger partial charge in [0.05, 0.1) is 12.3 Å². The second-order valence-corrected chi connectivity index (χ2v) is 5.79. The van der Waals surface area contributed by atoms with Crippen molar-refractivity contribution >= 4 is 33.3 Å². The third-order valence-electron chi connectivity index (χ3n) is 3.65. The molecule has 3 rings (SSSR count). The number of hydrogen-bond donors (Lipinski definition) is 0. The summed E-state index contributed by atoms with van der Waals surface area (Å²) in [5, 5.41) is 8.08. The van der Waals surface area contributed by atoms with Crippen LogP contribution in [0.3, 0.4) is 0 Å². The van der Waals surface area contributed by atoms with Crippen LogP contribution in [0.25, 0.3) is 4.85 Å². The van der Waals surface area contributed by atoms with Gasteiger partial charge in [0, 0.05) is 37.7 Å². The summed E-state index contributed by atoms with van der Waals surface area (Å²) >= 11 is 3.56. The van der Waals surface area contributed by atoms with E-state index in [4.69, 9.17) is 6.57 Å².